The molecular formula is C40H25N3. The summed E-state index contributed by atoms with van der Waals surface area (Å²) in [7, 11) is 0. The average molecular weight is 548 g/mol. The molecule has 7 aromatic carbocycles. The van der Waals surface area contributed by atoms with Gasteiger partial charge >= 0.3 is 0 Å². The molecule has 200 valence electrons. The first-order chi connectivity index (χ1) is 21.3. The fourth-order valence-corrected chi connectivity index (χ4v) is 6.64. The van der Waals surface area contributed by atoms with Gasteiger partial charge in [-0.1, -0.05) is 127 Å². The van der Waals surface area contributed by atoms with Crippen LogP contribution in [0.2, 0.25) is 0 Å². The van der Waals surface area contributed by atoms with Gasteiger partial charge in [0.2, 0.25) is 5.95 Å². The minimum Gasteiger partial charge on any atom is -0.278 e. The zero-order valence-corrected chi connectivity index (χ0v) is 23.3. The van der Waals surface area contributed by atoms with Gasteiger partial charge in [0.15, 0.2) is 0 Å². The van der Waals surface area contributed by atoms with Crippen LogP contribution in [0.25, 0.3) is 82.6 Å². The maximum absolute atomic E-state index is 5.27. The number of benzene rings is 7. The largest absolute Gasteiger partial charge is 0.278 e. The molecule has 0 unspecified atom stereocenters. The van der Waals surface area contributed by atoms with Crippen molar-refractivity contribution >= 4 is 54.1 Å². The van der Waals surface area contributed by atoms with Crippen molar-refractivity contribution < 1.29 is 0 Å². The molecule has 0 spiro atoms. The van der Waals surface area contributed by atoms with E-state index in [-0.39, 0.29) is 0 Å². The van der Waals surface area contributed by atoms with Gasteiger partial charge in [-0.25, -0.2) is 9.97 Å². The minimum absolute atomic E-state index is 0.664. The van der Waals surface area contributed by atoms with Crippen LogP contribution in [-0.4, -0.2) is 14.5 Å². The maximum atomic E-state index is 5.27. The van der Waals surface area contributed by atoms with Gasteiger partial charge in [0.05, 0.1) is 22.4 Å². The predicted molar refractivity (Wildman–Crippen MR) is 180 cm³/mol. The lowest BCUT2D eigenvalue weighted by atomic mass is 9.93. The van der Waals surface area contributed by atoms with Gasteiger partial charge in [-0.05, 0) is 56.6 Å². The van der Waals surface area contributed by atoms with Gasteiger partial charge in [0, 0.05) is 21.9 Å². The molecule has 0 bridgehead atoms. The fraction of sp³-hybridized carbons (Fsp3) is 0. The number of aromatic nitrogens is 3. The Balaban J connectivity index is 1.35. The van der Waals surface area contributed by atoms with E-state index in [9.17, 15) is 0 Å². The van der Waals surface area contributed by atoms with Crippen LogP contribution >= 0.6 is 0 Å². The zero-order valence-electron chi connectivity index (χ0n) is 23.3. The molecule has 0 aliphatic carbocycles. The SMILES string of the molecule is c1ccc(-c2cc(-c3ccc4c5ccccc5c5ccccc5c4c3)nc(-n3c4ccccc4c4ccccc43)n2)cc1. The van der Waals surface area contributed by atoms with Crippen molar-refractivity contribution in [1.29, 1.82) is 0 Å². The molecule has 0 aliphatic heterocycles. The summed E-state index contributed by atoms with van der Waals surface area (Å²) in [5, 5.41) is 9.92. The zero-order chi connectivity index (χ0) is 28.3. The van der Waals surface area contributed by atoms with E-state index in [1.54, 1.807) is 0 Å². The molecule has 3 heteroatoms. The van der Waals surface area contributed by atoms with Crippen molar-refractivity contribution in [3.05, 3.63) is 152 Å². The molecule has 2 aromatic heterocycles. The summed E-state index contributed by atoms with van der Waals surface area (Å²) in [6, 6.07) is 53.7. The highest BCUT2D eigenvalue weighted by molar-refractivity contribution is 6.25. The molecule has 9 aromatic rings. The van der Waals surface area contributed by atoms with Crippen molar-refractivity contribution in [2.75, 3.05) is 0 Å². The van der Waals surface area contributed by atoms with Crippen molar-refractivity contribution in [2.45, 2.75) is 0 Å². The third-order valence-corrected chi connectivity index (χ3v) is 8.60. The molecule has 3 nitrogen and oxygen atoms in total. The van der Waals surface area contributed by atoms with Crippen molar-refractivity contribution in [2.24, 2.45) is 0 Å². The van der Waals surface area contributed by atoms with Gasteiger partial charge in [0.25, 0.3) is 0 Å². The fourth-order valence-electron chi connectivity index (χ4n) is 6.64. The lowest BCUT2D eigenvalue weighted by Crippen LogP contribution is -2.04. The standard InChI is InChI=1S/C40H25N3/c1-2-12-26(13-3-1)36-25-37(42-40(41-36)43-38-20-10-8-18-33(38)34-19-9-11-21-39(34)43)27-22-23-32-30-16-5-4-14-28(30)29-15-6-7-17-31(29)35(32)24-27/h1-25H. The van der Waals surface area contributed by atoms with Crippen LogP contribution in [0.4, 0.5) is 0 Å². The summed E-state index contributed by atoms with van der Waals surface area (Å²) in [5.41, 5.74) is 6.10. The summed E-state index contributed by atoms with van der Waals surface area (Å²) in [6.07, 6.45) is 0. The first-order valence-electron chi connectivity index (χ1n) is 14.6. The molecule has 0 amide bonds. The van der Waals surface area contributed by atoms with Gasteiger partial charge < -0.3 is 0 Å². The molecule has 0 radical (unpaired) electrons. The van der Waals surface area contributed by atoms with E-state index in [1.807, 2.05) is 6.07 Å². The van der Waals surface area contributed by atoms with Gasteiger partial charge in [-0.2, -0.15) is 0 Å². The average Bonchev–Trinajstić information content (AvgIpc) is 3.43. The van der Waals surface area contributed by atoms with E-state index in [0.29, 0.717) is 5.95 Å². The number of fused-ring (bicyclic) bond motifs is 9. The van der Waals surface area contributed by atoms with Crippen LogP contribution in [0.3, 0.4) is 0 Å². The van der Waals surface area contributed by atoms with E-state index in [0.717, 1.165) is 33.5 Å². The van der Waals surface area contributed by atoms with Crippen LogP contribution in [-0.2, 0) is 0 Å². The minimum atomic E-state index is 0.664. The third kappa shape index (κ3) is 3.68. The van der Waals surface area contributed by atoms with Crippen LogP contribution in [0.5, 0.6) is 0 Å². The van der Waals surface area contributed by atoms with E-state index < -0.39 is 0 Å². The molecule has 0 saturated heterocycles. The van der Waals surface area contributed by atoms with Crippen LogP contribution < -0.4 is 0 Å². The number of hydrogen-bond acceptors (Lipinski definition) is 2. The summed E-state index contributed by atoms with van der Waals surface area (Å²) >= 11 is 0. The highest BCUT2D eigenvalue weighted by Crippen LogP contribution is 2.38. The molecule has 9 rings (SSSR count). The lowest BCUT2D eigenvalue weighted by molar-refractivity contribution is 0.996. The third-order valence-electron chi connectivity index (χ3n) is 8.60. The maximum Gasteiger partial charge on any atom is 0.235 e. The highest BCUT2D eigenvalue weighted by atomic mass is 15.2. The van der Waals surface area contributed by atoms with Crippen molar-refractivity contribution in [3.8, 4) is 28.5 Å². The Morgan fingerprint density at radius 3 is 1.35 bits per heavy atom. The van der Waals surface area contributed by atoms with Crippen LogP contribution in [0.15, 0.2) is 152 Å². The molecule has 0 atom stereocenters. The Morgan fingerprint density at radius 1 is 0.326 bits per heavy atom. The topological polar surface area (TPSA) is 30.7 Å². The molecule has 0 aliphatic rings. The van der Waals surface area contributed by atoms with Gasteiger partial charge in [-0.3, -0.25) is 4.57 Å². The second-order valence-electron chi connectivity index (χ2n) is 11.0. The summed E-state index contributed by atoms with van der Waals surface area (Å²) in [6.45, 7) is 0. The quantitative estimate of drug-likeness (QED) is 0.206. The summed E-state index contributed by atoms with van der Waals surface area (Å²) in [4.78, 5) is 10.4. The predicted octanol–water partition coefficient (Wildman–Crippen LogP) is 10.4. The number of nitrogens with zero attached hydrogens (tertiary/aromatic N) is 3. The molecule has 2 heterocycles. The number of rotatable bonds is 3. The molecule has 0 saturated carbocycles. The molecule has 0 N–H and O–H groups in total. The second-order valence-corrected chi connectivity index (χ2v) is 11.0. The monoisotopic (exact) mass is 547 g/mol. The Labute approximate surface area is 248 Å². The second kappa shape index (κ2) is 9.37. The number of para-hydroxylation sites is 2. The highest BCUT2D eigenvalue weighted by Gasteiger charge is 2.17. The normalized spacial score (nSPS) is 11.7. The summed E-state index contributed by atoms with van der Waals surface area (Å²) in [5.74, 6) is 0.664. The Kier molecular flexibility index (Phi) is 5.20. The Bertz CT molecular complexity index is 2420. The Morgan fingerprint density at radius 2 is 0.767 bits per heavy atom. The lowest BCUT2D eigenvalue weighted by Gasteiger charge is -2.14. The van der Waals surface area contributed by atoms with Crippen molar-refractivity contribution in [3.63, 3.8) is 0 Å². The van der Waals surface area contributed by atoms with E-state index in [2.05, 4.69) is 150 Å². The Hall–Kier alpha value is -5.80. The van der Waals surface area contributed by atoms with E-state index in [1.165, 1.54) is 43.1 Å². The van der Waals surface area contributed by atoms with Crippen molar-refractivity contribution in [1.82, 2.24) is 14.5 Å². The molecule has 43 heavy (non-hydrogen) atoms. The van der Waals surface area contributed by atoms with Crippen LogP contribution in [0, 0.1) is 0 Å². The summed E-state index contributed by atoms with van der Waals surface area (Å²) < 4.78 is 2.20. The molecular weight excluding hydrogens is 522 g/mol. The van der Waals surface area contributed by atoms with Gasteiger partial charge in [-0.15, -0.1) is 0 Å². The molecule has 0 fully saturated rings. The van der Waals surface area contributed by atoms with Gasteiger partial charge in [0.1, 0.15) is 0 Å². The smallest absolute Gasteiger partial charge is 0.235 e. The first kappa shape index (κ1) is 23.9. The van der Waals surface area contributed by atoms with E-state index >= 15 is 0 Å². The van der Waals surface area contributed by atoms with Crippen LogP contribution in [0.1, 0.15) is 0 Å². The van der Waals surface area contributed by atoms with E-state index in [4.69, 9.17) is 9.97 Å². The number of hydrogen-bond donors (Lipinski definition) is 0. The first-order valence-corrected chi connectivity index (χ1v) is 14.6.